The van der Waals surface area contributed by atoms with E-state index in [1.807, 2.05) is 42.2 Å². The Balaban J connectivity index is 2.23. The van der Waals surface area contributed by atoms with Gasteiger partial charge < -0.3 is 15.5 Å². The minimum atomic E-state index is -1.09. The standard InChI is InChI=1S/C15H19N5OS/c1-3-20(9-12-7-5-4-6-8-12)13-15(10-16,11-22-19-13)18-14(21)17-2/h4-8H,3,9,11H2,1-2H3,(H2,17,18,21). The molecular formula is C15H19N5OS. The molecule has 2 N–H and O–H groups in total. The van der Waals surface area contributed by atoms with E-state index >= 15 is 0 Å². The third kappa shape index (κ3) is 3.34. The molecule has 7 heteroatoms. The average molecular weight is 317 g/mol. The number of likely N-dealkylation sites (N-methyl/N-ethyl adjacent to an activating group) is 1. The van der Waals surface area contributed by atoms with Crippen molar-refractivity contribution in [1.82, 2.24) is 15.5 Å². The molecule has 1 heterocycles. The molecular weight excluding hydrogens is 298 g/mol. The Labute approximate surface area is 134 Å². The van der Waals surface area contributed by atoms with Crippen LogP contribution in [0.4, 0.5) is 4.79 Å². The molecule has 1 unspecified atom stereocenters. The SMILES string of the molecule is CCN(Cc1ccccc1)C1=NSCC1(C#N)NC(=O)NC. The molecule has 1 atom stereocenters. The molecule has 0 aromatic heterocycles. The normalized spacial score (nSPS) is 20.0. The van der Waals surface area contributed by atoms with Crippen molar-refractivity contribution in [3.63, 3.8) is 0 Å². The van der Waals surface area contributed by atoms with Crippen LogP contribution in [0.25, 0.3) is 0 Å². The van der Waals surface area contributed by atoms with E-state index in [-0.39, 0.29) is 6.03 Å². The van der Waals surface area contributed by atoms with E-state index in [0.717, 1.165) is 5.56 Å². The number of urea groups is 1. The summed E-state index contributed by atoms with van der Waals surface area (Å²) in [5.41, 5.74) is 0.0472. The molecule has 0 aliphatic carbocycles. The van der Waals surface area contributed by atoms with Gasteiger partial charge in [-0.1, -0.05) is 30.3 Å². The minimum Gasteiger partial charge on any atom is -0.353 e. The third-order valence-electron chi connectivity index (χ3n) is 3.46. The van der Waals surface area contributed by atoms with E-state index in [0.29, 0.717) is 24.7 Å². The molecule has 1 aliphatic heterocycles. The number of carbonyl (C=O) groups excluding carboxylic acids is 1. The van der Waals surface area contributed by atoms with Crippen LogP contribution < -0.4 is 10.6 Å². The molecule has 0 fully saturated rings. The number of rotatable bonds is 4. The van der Waals surface area contributed by atoms with Crippen molar-refractivity contribution in [1.29, 1.82) is 5.26 Å². The number of nitriles is 1. The van der Waals surface area contributed by atoms with Crippen LogP contribution in [0.5, 0.6) is 0 Å². The van der Waals surface area contributed by atoms with Gasteiger partial charge in [-0.25, -0.2) is 4.79 Å². The molecule has 1 aromatic carbocycles. The van der Waals surface area contributed by atoms with Crippen molar-refractivity contribution in [3.05, 3.63) is 35.9 Å². The predicted molar refractivity (Wildman–Crippen MR) is 88.4 cm³/mol. The van der Waals surface area contributed by atoms with Crippen LogP contribution in [-0.4, -0.2) is 41.7 Å². The summed E-state index contributed by atoms with van der Waals surface area (Å²) >= 11 is 1.30. The Morgan fingerprint density at radius 3 is 2.82 bits per heavy atom. The van der Waals surface area contributed by atoms with Crippen LogP contribution in [0.3, 0.4) is 0 Å². The molecule has 0 spiro atoms. The van der Waals surface area contributed by atoms with Crippen molar-refractivity contribution in [2.75, 3.05) is 19.3 Å². The lowest BCUT2D eigenvalue weighted by Crippen LogP contribution is -2.60. The summed E-state index contributed by atoms with van der Waals surface area (Å²) in [6.07, 6.45) is 0. The van der Waals surface area contributed by atoms with Gasteiger partial charge in [0.25, 0.3) is 0 Å². The molecule has 6 nitrogen and oxygen atoms in total. The van der Waals surface area contributed by atoms with Crippen molar-refractivity contribution in [2.45, 2.75) is 19.0 Å². The van der Waals surface area contributed by atoms with Crippen LogP contribution in [0, 0.1) is 11.3 Å². The number of amidine groups is 1. The molecule has 1 aliphatic rings. The van der Waals surface area contributed by atoms with Crippen molar-refractivity contribution in [3.8, 4) is 6.07 Å². The number of nitrogens with zero attached hydrogens (tertiary/aromatic N) is 3. The van der Waals surface area contributed by atoms with Gasteiger partial charge >= 0.3 is 6.03 Å². The highest BCUT2D eigenvalue weighted by molar-refractivity contribution is 7.98. The van der Waals surface area contributed by atoms with E-state index in [9.17, 15) is 10.1 Å². The monoisotopic (exact) mass is 317 g/mol. The van der Waals surface area contributed by atoms with Crippen LogP contribution in [0.2, 0.25) is 0 Å². The number of nitrogens with one attached hydrogen (secondary N) is 2. The Kier molecular flexibility index (Phi) is 5.28. The van der Waals surface area contributed by atoms with Gasteiger partial charge in [-0.05, 0) is 24.4 Å². The Bertz CT molecular complexity index is 598. The van der Waals surface area contributed by atoms with Crippen molar-refractivity contribution in [2.24, 2.45) is 4.40 Å². The second-order valence-electron chi connectivity index (χ2n) is 4.91. The van der Waals surface area contributed by atoms with E-state index in [2.05, 4.69) is 21.1 Å². The van der Waals surface area contributed by atoms with Crippen LogP contribution >= 0.6 is 11.9 Å². The van der Waals surface area contributed by atoms with E-state index < -0.39 is 5.54 Å². The number of hydrogen-bond donors (Lipinski definition) is 2. The molecule has 0 radical (unpaired) electrons. The smallest absolute Gasteiger partial charge is 0.316 e. The zero-order valence-electron chi connectivity index (χ0n) is 12.7. The molecule has 0 saturated heterocycles. The molecule has 2 rings (SSSR count). The highest BCUT2D eigenvalue weighted by atomic mass is 32.2. The van der Waals surface area contributed by atoms with Gasteiger partial charge in [0.2, 0.25) is 0 Å². The fourth-order valence-electron chi connectivity index (χ4n) is 2.26. The first-order chi connectivity index (χ1) is 10.6. The summed E-state index contributed by atoms with van der Waals surface area (Å²) in [6.45, 7) is 3.36. The van der Waals surface area contributed by atoms with Crippen LogP contribution in [0.15, 0.2) is 34.7 Å². The maximum atomic E-state index is 11.7. The first-order valence-electron chi connectivity index (χ1n) is 7.05. The number of hydrogen-bond acceptors (Lipinski definition) is 5. The van der Waals surface area contributed by atoms with E-state index in [1.165, 1.54) is 19.0 Å². The zero-order chi connectivity index (χ0) is 16.0. The lowest BCUT2D eigenvalue weighted by atomic mass is 10.0. The number of amides is 2. The fourth-order valence-corrected chi connectivity index (χ4v) is 3.18. The summed E-state index contributed by atoms with van der Waals surface area (Å²) in [4.78, 5) is 13.7. The van der Waals surface area contributed by atoms with E-state index in [4.69, 9.17) is 0 Å². The summed E-state index contributed by atoms with van der Waals surface area (Å²) in [6, 6.07) is 11.8. The van der Waals surface area contributed by atoms with Gasteiger partial charge in [0.15, 0.2) is 11.4 Å². The van der Waals surface area contributed by atoms with Crippen LogP contribution in [-0.2, 0) is 6.54 Å². The topological polar surface area (TPSA) is 80.5 Å². The zero-order valence-corrected chi connectivity index (χ0v) is 13.5. The van der Waals surface area contributed by atoms with Crippen LogP contribution in [0.1, 0.15) is 12.5 Å². The van der Waals surface area contributed by atoms with Gasteiger partial charge in [0.05, 0.1) is 5.75 Å². The number of carbonyl (C=O) groups is 1. The summed E-state index contributed by atoms with van der Waals surface area (Å²) in [5.74, 6) is 1.02. The molecule has 2 amide bonds. The van der Waals surface area contributed by atoms with Gasteiger partial charge in [-0.15, -0.1) is 0 Å². The molecule has 1 aromatic rings. The second kappa shape index (κ2) is 7.18. The number of benzene rings is 1. The first-order valence-corrected chi connectivity index (χ1v) is 8.00. The van der Waals surface area contributed by atoms with E-state index in [1.54, 1.807) is 0 Å². The Morgan fingerprint density at radius 2 is 2.23 bits per heavy atom. The van der Waals surface area contributed by atoms with Gasteiger partial charge in [-0.3, -0.25) is 0 Å². The average Bonchev–Trinajstić information content (AvgIpc) is 2.97. The largest absolute Gasteiger partial charge is 0.353 e. The van der Waals surface area contributed by atoms with Gasteiger partial charge in [0, 0.05) is 20.1 Å². The van der Waals surface area contributed by atoms with Gasteiger partial charge in [-0.2, -0.15) is 9.66 Å². The molecule has 116 valence electrons. The Hall–Kier alpha value is -2.20. The lowest BCUT2D eigenvalue weighted by Gasteiger charge is -2.31. The highest BCUT2D eigenvalue weighted by Gasteiger charge is 2.44. The lowest BCUT2D eigenvalue weighted by molar-refractivity contribution is 0.239. The Morgan fingerprint density at radius 1 is 1.50 bits per heavy atom. The molecule has 22 heavy (non-hydrogen) atoms. The summed E-state index contributed by atoms with van der Waals surface area (Å²) in [7, 11) is 1.53. The fraction of sp³-hybridized carbons (Fsp3) is 0.400. The predicted octanol–water partition coefficient (Wildman–Crippen LogP) is 1.76. The third-order valence-corrected chi connectivity index (χ3v) is 4.32. The molecule has 0 bridgehead atoms. The summed E-state index contributed by atoms with van der Waals surface area (Å²) < 4.78 is 4.41. The van der Waals surface area contributed by atoms with Gasteiger partial charge in [0.1, 0.15) is 6.07 Å². The quantitative estimate of drug-likeness (QED) is 0.829. The van der Waals surface area contributed by atoms with Crippen molar-refractivity contribution < 1.29 is 4.79 Å². The maximum absolute atomic E-state index is 11.7. The first kappa shape index (κ1) is 16.2. The van der Waals surface area contributed by atoms with Crippen molar-refractivity contribution >= 4 is 23.8 Å². The summed E-state index contributed by atoms with van der Waals surface area (Å²) in [5, 5.41) is 14.9. The molecule has 0 saturated carbocycles. The minimum absolute atomic E-state index is 0.382. The maximum Gasteiger partial charge on any atom is 0.316 e. The highest BCUT2D eigenvalue weighted by Crippen LogP contribution is 2.28. The second-order valence-corrected chi connectivity index (χ2v) is 5.64.